The van der Waals surface area contributed by atoms with E-state index in [1.165, 1.54) is 0 Å². The van der Waals surface area contributed by atoms with Crippen molar-refractivity contribution in [3.05, 3.63) is 54.2 Å². The first-order valence-electron chi connectivity index (χ1n) is 10.9. The minimum Gasteiger partial charge on any atom is -0.343 e. The molecule has 1 saturated heterocycles. The standard InChI is InChI=1S/C23H28N6O2/c1-3-27(4-2)22(30)18-8-6-10-28(15-18)23(31)19-11-20-21(25-13-19)29(16-26-20)14-17-7-5-9-24-12-17/h5,7,9,11-13,16,18H,3-4,6,8,10,14-15H2,1-2H3. The second kappa shape index (κ2) is 9.24. The van der Waals surface area contributed by atoms with Gasteiger partial charge >= 0.3 is 0 Å². The SMILES string of the molecule is CCN(CC)C(=O)C1CCCN(C(=O)c2cnc3c(c2)ncn3Cc2cccnc2)C1. The number of carbonyl (C=O) groups excluding carboxylic acids is 2. The second-order valence-corrected chi connectivity index (χ2v) is 7.90. The van der Waals surface area contributed by atoms with E-state index in [2.05, 4.69) is 15.0 Å². The van der Waals surface area contributed by atoms with Crippen molar-refractivity contribution in [1.29, 1.82) is 0 Å². The summed E-state index contributed by atoms with van der Waals surface area (Å²) in [5.41, 5.74) is 2.98. The quantitative estimate of drug-likeness (QED) is 0.612. The molecule has 0 radical (unpaired) electrons. The molecular weight excluding hydrogens is 392 g/mol. The van der Waals surface area contributed by atoms with Crippen LogP contribution in [0.3, 0.4) is 0 Å². The lowest BCUT2D eigenvalue weighted by Gasteiger charge is -2.34. The molecule has 4 rings (SSSR count). The Hall–Kier alpha value is -3.29. The van der Waals surface area contributed by atoms with Crippen molar-refractivity contribution >= 4 is 23.0 Å². The van der Waals surface area contributed by atoms with Gasteiger partial charge in [0.15, 0.2) is 5.65 Å². The molecule has 0 aromatic carbocycles. The first kappa shape index (κ1) is 21.0. The predicted molar refractivity (Wildman–Crippen MR) is 117 cm³/mol. The van der Waals surface area contributed by atoms with Gasteiger partial charge in [-0.25, -0.2) is 9.97 Å². The number of pyridine rings is 2. The Bertz CT molecular complexity index is 1060. The van der Waals surface area contributed by atoms with Crippen molar-refractivity contribution in [2.75, 3.05) is 26.2 Å². The maximum absolute atomic E-state index is 13.1. The summed E-state index contributed by atoms with van der Waals surface area (Å²) in [6, 6.07) is 5.69. The molecular formula is C23H28N6O2. The predicted octanol–water partition coefficient (Wildman–Crippen LogP) is 2.60. The van der Waals surface area contributed by atoms with Crippen LogP contribution < -0.4 is 0 Å². The summed E-state index contributed by atoms with van der Waals surface area (Å²) in [5, 5.41) is 0. The maximum Gasteiger partial charge on any atom is 0.255 e. The normalized spacial score (nSPS) is 16.5. The van der Waals surface area contributed by atoms with Gasteiger partial charge in [0.05, 0.1) is 24.4 Å². The fourth-order valence-corrected chi connectivity index (χ4v) is 4.21. The molecule has 162 valence electrons. The minimum absolute atomic E-state index is 0.0896. The summed E-state index contributed by atoms with van der Waals surface area (Å²) in [4.78, 5) is 42.6. The number of piperidine rings is 1. The third-order valence-corrected chi connectivity index (χ3v) is 5.91. The number of amides is 2. The van der Waals surface area contributed by atoms with Crippen molar-refractivity contribution in [3.63, 3.8) is 0 Å². The molecule has 1 aliphatic heterocycles. The molecule has 1 atom stereocenters. The van der Waals surface area contributed by atoms with Gasteiger partial charge in [0.2, 0.25) is 5.91 Å². The van der Waals surface area contributed by atoms with Crippen molar-refractivity contribution in [1.82, 2.24) is 29.3 Å². The largest absolute Gasteiger partial charge is 0.343 e. The molecule has 1 fully saturated rings. The molecule has 0 saturated carbocycles. The van der Waals surface area contributed by atoms with E-state index in [1.807, 2.05) is 41.6 Å². The molecule has 3 aromatic heterocycles. The van der Waals surface area contributed by atoms with Gasteiger partial charge in [-0.3, -0.25) is 14.6 Å². The van der Waals surface area contributed by atoms with Crippen molar-refractivity contribution in [2.24, 2.45) is 5.92 Å². The van der Waals surface area contributed by atoms with Crippen LogP contribution >= 0.6 is 0 Å². The van der Waals surface area contributed by atoms with Gasteiger partial charge in [0, 0.05) is 44.8 Å². The number of aromatic nitrogens is 4. The van der Waals surface area contributed by atoms with Crippen LogP contribution in [-0.2, 0) is 11.3 Å². The third-order valence-electron chi connectivity index (χ3n) is 5.91. The highest BCUT2D eigenvalue weighted by atomic mass is 16.2. The number of hydrogen-bond donors (Lipinski definition) is 0. The highest BCUT2D eigenvalue weighted by Crippen LogP contribution is 2.22. The van der Waals surface area contributed by atoms with E-state index in [4.69, 9.17) is 0 Å². The molecule has 0 N–H and O–H groups in total. The Labute approximate surface area is 181 Å². The van der Waals surface area contributed by atoms with E-state index < -0.39 is 0 Å². The van der Waals surface area contributed by atoms with Crippen LogP contribution in [0.5, 0.6) is 0 Å². The first-order valence-corrected chi connectivity index (χ1v) is 10.9. The van der Waals surface area contributed by atoms with Gasteiger partial charge in [0.1, 0.15) is 5.52 Å². The number of hydrogen-bond acceptors (Lipinski definition) is 5. The van der Waals surface area contributed by atoms with E-state index in [1.54, 1.807) is 29.7 Å². The lowest BCUT2D eigenvalue weighted by atomic mass is 9.96. The molecule has 1 aliphatic rings. The van der Waals surface area contributed by atoms with Crippen molar-refractivity contribution < 1.29 is 9.59 Å². The van der Waals surface area contributed by atoms with Crippen LogP contribution in [0.25, 0.3) is 11.2 Å². The molecule has 2 amide bonds. The van der Waals surface area contributed by atoms with Gasteiger partial charge in [-0.15, -0.1) is 0 Å². The molecule has 0 spiro atoms. The summed E-state index contributed by atoms with van der Waals surface area (Å²) in [6.07, 6.45) is 8.57. The Morgan fingerprint density at radius 2 is 2.03 bits per heavy atom. The number of nitrogens with zero attached hydrogens (tertiary/aromatic N) is 6. The minimum atomic E-state index is -0.131. The molecule has 1 unspecified atom stereocenters. The number of rotatable bonds is 6. The van der Waals surface area contributed by atoms with Gasteiger partial charge < -0.3 is 14.4 Å². The van der Waals surface area contributed by atoms with Crippen molar-refractivity contribution in [3.8, 4) is 0 Å². The Morgan fingerprint density at radius 3 is 2.77 bits per heavy atom. The molecule has 4 heterocycles. The lowest BCUT2D eigenvalue weighted by molar-refractivity contribution is -0.136. The third kappa shape index (κ3) is 4.42. The van der Waals surface area contributed by atoms with E-state index in [-0.39, 0.29) is 17.7 Å². The summed E-state index contributed by atoms with van der Waals surface area (Å²) < 4.78 is 1.94. The number of fused-ring (bicyclic) bond motifs is 1. The molecule has 0 bridgehead atoms. The van der Waals surface area contributed by atoms with E-state index in [0.717, 1.165) is 24.1 Å². The Kier molecular flexibility index (Phi) is 6.25. The lowest BCUT2D eigenvalue weighted by Crippen LogP contribution is -2.46. The van der Waals surface area contributed by atoms with Gasteiger partial charge in [-0.2, -0.15) is 0 Å². The number of likely N-dealkylation sites (tertiary alicyclic amines) is 1. The topological polar surface area (TPSA) is 84.2 Å². The highest BCUT2D eigenvalue weighted by molar-refractivity contribution is 5.96. The van der Waals surface area contributed by atoms with Crippen LogP contribution in [0, 0.1) is 5.92 Å². The van der Waals surface area contributed by atoms with Gasteiger partial charge in [-0.05, 0) is 44.4 Å². The van der Waals surface area contributed by atoms with Gasteiger partial charge in [-0.1, -0.05) is 6.07 Å². The first-order chi connectivity index (χ1) is 15.1. The molecule has 0 aliphatic carbocycles. The summed E-state index contributed by atoms with van der Waals surface area (Å²) >= 11 is 0. The molecule has 8 nitrogen and oxygen atoms in total. The van der Waals surface area contributed by atoms with E-state index in [9.17, 15) is 9.59 Å². The summed E-state index contributed by atoms with van der Waals surface area (Å²) in [6.45, 7) is 7.11. The zero-order valence-corrected chi connectivity index (χ0v) is 18.1. The smallest absolute Gasteiger partial charge is 0.255 e. The monoisotopic (exact) mass is 420 g/mol. The second-order valence-electron chi connectivity index (χ2n) is 7.90. The summed E-state index contributed by atoms with van der Waals surface area (Å²) in [5.74, 6) is -0.0774. The van der Waals surface area contributed by atoms with Crippen LogP contribution in [0.2, 0.25) is 0 Å². The summed E-state index contributed by atoms with van der Waals surface area (Å²) in [7, 11) is 0. The Balaban J connectivity index is 1.49. The van der Waals surface area contributed by atoms with Crippen LogP contribution in [-0.4, -0.2) is 67.3 Å². The fourth-order valence-electron chi connectivity index (χ4n) is 4.21. The zero-order chi connectivity index (χ0) is 21.8. The van der Waals surface area contributed by atoms with E-state index >= 15 is 0 Å². The average Bonchev–Trinajstić information content (AvgIpc) is 3.22. The highest BCUT2D eigenvalue weighted by Gasteiger charge is 2.31. The van der Waals surface area contributed by atoms with Crippen LogP contribution in [0.1, 0.15) is 42.6 Å². The van der Waals surface area contributed by atoms with Crippen LogP contribution in [0.15, 0.2) is 43.1 Å². The number of carbonyl (C=O) groups is 2. The molecule has 3 aromatic rings. The molecule has 8 heteroatoms. The van der Waals surface area contributed by atoms with Gasteiger partial charge in [0.25, 0.3) is 5.91 Å². The Morgan fingerprint density at radius 1 is 1.19 bits per heavy atom. The van der Waals surface area contributed by atoms with Crippen LogP contribution in [0.4, 0.5) is 0 Å². The van der Waals surface area contributed by atoms with E-state index in [0.29, 0.717) is 43.8 Å². The average molecular weight is 421 g/mol. The van der Waals surface area contributed by atoms with Crippen molar-refractivity contribution in [2.45, 2.75) is 33.2 Å². The fraction of sp³-hybridized carbons (Fsp3) is 0.435. The zero-order valence-electron chi connectivity index (χ0n) is 18.1. The molecule has 31 heavy (non-hydrogen) atoms. The maximum atomic E-state index is 13.1. The number of imidazole rings is 1.